The maximum Gasteiger partial charge on any atom is 0.334 e. The summed E-state index contributed by atoms with van der Waals surface area (Å²) in [5, 5.41) is 0. The Morgan fingerprint density at radius 1 is 0.821 bits per heavy atom. The fraction of sp³-hybridized carbons (Fsp3) is 1.00. The molecular formula is C23H51NO2Si2. The molecule has 0 aliphatic heterocycles. The Bertz CT molecular complexity index is 395. The van der Waals surface area contributed by atoms with Gasteiger partial charge in [0.25, 0.3) is 0 Å². The van der Waals surface area contributed by atoms with Crippen molar-refractivity contribution in [1.29, 1.82) is 0 Å². The number of hydrogen-bond acceptors (Lipinski definition) is 3. The third kappa shape index (κ3) is 6.40. The van der Waals surface area contributed by atoms with Crippen molar-refractivity contribution in [3.63, 3.8) is 0 Å². The molecule has 1 saturated carbocycles. The fourth-order valence-electron chi connectivity index (χ4n) is 6.45. The highest BCUT2D eigenvalue weighted by atomic mass is 28.4. The standard InChI is InChI=1S/C23H51NO2Si2/c1-10-25-27(9,26-11-2)19-15-18-24(23-16-13-12-14-17-23)28(20(3)4,21(5)6)22(7)8/h20-23H,10-19H2,1-9H3. The molecule has 1 aliphatic carbocycles. The van der Waals surface area contributed by atoms with Crippen LogP contribution in [0.4, 0.5) is 0 Å². The Kier molecular flexibility index (Phi) is 11.5. The van der Waals surface area contributed by atoms with Gasteiger partial charge in [-0.2, -0.15) is 0 Å². The summed E-state index contributed by atoms with van der Waals surface area (Å²) >= 11 is 0. The van der Waals surface area contributed by atoms with Gasteiger partial charge >= 0.3 is 8.56 Å². The Morgan fingerprint density at radius 2 is 1.29 bits per heavy atom. The Balaban J connectivity index is 3.08. The molecule has 0 spiro atoms. The van der Waals surface area contributed by atoms with E-state index in [-0.39, 0.29) is 0 Å². The van der Waals surface area contributed by atoms with Crippen molar-refractivity contribution in [1.82, 2.24) is 4.57 Å². The van der Waals surface area contributed by atoms with E-state index in [4.69, 9.17) is 8.85 Å². The average molecular weight is 430 g/mol. The van der Waals surface area contributed by atoms with Crippen LogP contribution in [-0.4, -0.2) is 47.2 Å². The van der Waals surface area contributed by atoms with Gasteiger partial charge in [-0.05, 0) is 68.9 Å². The highest BCUT2D eigenvalue weighted by molar-refractivity contribution is 6.81. The predicted molar refractivity (Wildman–Crippen MR) is 129 cm³/mol. The first kappa shape index (κ1) is 26.3. The summed E-state index contributed by atoms with van der Waals surface area (Å²) in [5.74, 6) is 0. The molecule has 0 atom stereocenters. The highest BCUT2D eigenvalue weighted by Crippen LogP contribution is 2.46. The second kappa shape index (κ2) is 12.2. The number of hydrogen-bond donors (Lipinski definition) is 0. The van der Waals surface area contributed by atoms with E-state index < -0.39 is 16.8 Å². The van der Waals surface area contributed by atoms with E-state index in [0.717, 1.165) is 41.9 Å². The summed E-state index contributed by atoms with van der Waals surface area (Å²) in [6, 6.07) is 1.93. The summed E-state index contributed by atoms with van der Waals surface area (Å²) in [5.41, 5.74) is 2.37. The summed E-state index contributed by atoms with van der Waals surface area (Å²) in [6.07, 6.45) is 8.32. The smallest absolute Gasteiger partial charge is 0.334 e. The molecule has 1 rings (SSSR count). The molecule has 168 valence electrons. The van der Waals surface area contributed by atoms with Crippen molar-refractivity contribution in [2.75, 3.05) is 19.8 Å². The molecule has 0 amide bonds. The SMILES string of the molecule is CCO[Si](C)(CCCN(C1CCCCC1)[Si](C(C)C)(C(C)C)C(C)C)OCC. The zero-order valence-corrected chi connectivity index (χ0v) is 22.6. The maximum atomic E-state index is 6.13. The van der Waals surface area contributed by atoms with Crippen molar-refractivity contribution in [2.45, 2.75) is 129 Å². The molecule has 0 saturated heterocycles. The normalized spacial score (nSPS) is 17.5. The van der Waals surface area contributed by atoms with Gasteiger partial charge in [-0.25, -0.2) is 0 Å². The molecular weight excluding hydrogens is 378 g/mol. The van der Waals surface area contributed by atoms with E-state index in [2.05, 4.69) is 66.5 Å². The third-order valence-corrected chi connectivity index (χ3v) is 17.4. The Hall–Kier alpha value is 0.314. The quantitative estimate of drug-likeness (QED) is 0.286. The molecule has 3 nitrogen and oxygen atoms in total. The van der Waals surface area contributed by atoms with E-state index in [1.165, 1.54) is 45.1 Å². The van der Waals surface area contributed by atoms with E-state index >= 15 is 0 Å². The van der Waals surface area contributed by atoms with E-state index in [9.17, 15) is 0 Å². The predicted octanol–water partition coefficient (Wildman–Crippen LogP) is 7.33. The van der Waals surface area contributed by atoms with E-state index in [1.54, 1.807) is 0 Å². The monoisotopic (exact) mass is 429 g/mol. The van der Waals surface area contributed by atoms with Crippen LogP contribution in [0.1, 0.15) is 93.9 Å². The lowest BCUT2D eigenvalue weighted by molar-refractivity contribution is 0.184. The maximum absolute atomic E-state index is 6.13. The molecule has 0 radical (unpaired) electrons. The van der Waals surface area contributed by atoms with Gasteiger partial charge in [-0.1, -0.05) is 60.8 Å². The molecule has 28 heavy (non-hydrogen) atoms. The van der Waals surface area contributed by atoms with Crippen LogP contribution in [0.15, 0.2) is 0 Å². The molecule has 5 heteroatoms. The third-order valence-electron chi connectivity index (χ3n) is 7.22. The first-order valence-electron chi connectivity index (χ1n) is 12.2. The molecule has 1 fully saturated rings. The van der Waals surface area contributed by atoms with Crippen LogP contribution < -0.4 is 0 Å². The van der Waals surface area contributed by atoms with Crippen molar-refractivity contribution >= 4 is 16.8 Å². The van der Waals surface area contributed by atoms with Gasteiger partial charge in [0.05, 0.1) is 0 Å². The van der Waals surface area contributed by atoms with Crippen molar-refractivity contribution in [3.8, 4) is 0 Å². The molecule has 0 heterocycles. The topological polar surface area (TPSA) is 21.7 Å². The van der Waals surface area contributed by atoms with Gasteiger partial charge in [0.15, 0.2) is 0 Å². The second-order valence-electron chi connectivity index (χ2n) is 9.94. The first-order valence-corrected chi connectivity index (χ1v) is 16.9. The largest absolute Gasteiger partial charge is 0.395 e. The van der Waals surface area contributed by atoms with Crippen LogP contribution >= 0.6 is 0 Å². The summed E-state index contributed by atoms with van der Waals surface area (Å²) < 4.78 is 15.4. The average Bonchev–Trinajstić information content (AvgIpc) is 2.61. The lowest BCUT2D eigenvalue weighted by Crippen LogP contribution is -2.64. The first-order chi connectivity index (χ1) is 13.2. The molecule has 0 aromatic carbocycles. The summed E-state index contributed by atoms with van der Waals surface area (Å²) in [6.45, 7) is 24.4. The minimum absolute atomic E-state index is 0.776. The van der Waals surface area contributed by atoms with Crippen LogP contribution in [0.5, 0.6) is 0 Å². The zero-order valence-electron chi connectivity index (χ0n) is 20.6. The fourth-order valence-corrected chi connectivity index (χ4v) is 16.3. The van der Waals surface area contributed by atoms with Crippen LogP contribution in [-0.2, 0) is 8.85 Å². The van der Waals surface area contributed by atoms with E-state index in [1.807, 2.05) is 0 Å². The molecule has 0 bridgehead atoms. The highest BCUT2D eigenvalue weighted by Gasteiger charge is 2.50. The minimum atomic E-state index is -2.02. The van der Waals surface area contributed by atoms with Gasteiger partial charge in [0.1, 0.15) is 8.24 Å². The van der Waals surface area contributed by atoms with Crippen molar-refractivity contribution in [2.24, 2.45) is 0 Å². The molecule has 0 unspecified atom stereocenters. The number of rotatable bonds is 13. The lowest BCUT2D eigenvalue weighted by atomic mass is 9.95. The van der Waals surface area contributed by atoms with Crippen LogP contribution in [0.3, 0.4) is 0 Å². The summed E-state index contributed by atoms with van der Waals surface area (Å²) in [4.78, 5) is 0. The molecule has 0 aromatic rings. The summed E-state index contributed by atoms with van der Waals surface area (Å²) in [7, 11) is -3.63. The van der Waals surface area contributed by atoms with Gasteiger partial charge < -0.3 is 13.4 Å². The van der Waals surface area contributed by atoms with Crippen LogP contribution in [0.2, 0.25) is 29.2 Å². The number of nitrogens with zero attached hydrogens (tertiary/aromatic N) is 1. The van der Waals surface area contributed by atoms with Crippen LogP contribution in [0, 0.1) is 0 Å². The van der Waals surface area contributed by atoms with E-state index in [0.29, 0.717) is 0 Å². The zero-order chi connectivity index (χ0) is 21.4. The second-order valence-corrected chi connectivity index (χ2v) is 19.1. The minimum Gasteiger partial charge on any atom is -0.395 e. The lowest BCUT2D eigenvalue weighted by Gasteiger charge is -2.55. The van der Waals surface area contributed by atoms with Gasteiger partial charge in [0, 0.05) is 19.3 Å². The van der Waals surface area contributed by atoms with Gasteiger partial charge in [0.2, 0.25) is 0 Å². The van der Waals surface area contributed by atoms with Gasteiger partial charge in [-0.15, -0.1) is 0 Å². The molecule has 1 aliphatic rings. The molecule has 0 aromatic heterocycles. The Morgan fingerprint density at radius 3 is 1.68 bits per heavy atom. The van der Waals surface area contributed by atoms with Crippen molar-refractivity contribution < 1.29 is 8.85 Å². The Labute approximate surface area is 179 Å². The molecule has 0 N–H and O–H groups in total. The van der Waals surface area contributed by atoms with Crippen LogP contribution in [0.25, 0.3) is 0 Å². The van der Waals surface area contributed by atoms with Gasteiger partial charge in [-0.3, -0.25) is 0 Å². The van der Waals surface area contributed by atoms with Crippen molar-refractivity contribution in [3.05, 3.63) is 0 Å².